The second-order valence-electron chi connectivity index (χ2n) is 4.78. The third kappa shape index (κ3) is 3.06. The zero-order valence-corrected chi connectivity index (χ0v) is 10.2. The highest BCUT2D eigenvalue weighted by atomic mass is 16.3. The number of hydrogen-bond donors (Lipinski definition) is 1. The summed E-state index contributed by atoms with van der Waals surface area (Å²) in [6.45, 7) is 4.72. The summed E-state index contributed by atoms with van der Waals surface area (Å²) in [5.41, 5.74) is 3.12. The normalized spacial score (nSPS) is 21.1. The van der Waals surface area contributed by atoms with Gasteiger partial charge in [-0.25, -0.2) is 0 Å². The number of nitrogens with zero attached hydrogens (tertiary/aromatic N) is 2. The molecule has 3 heteroatoms. The van der Waals surface area contributed by atoms with Crippen LogP contribution in [0, 0.1) is 18.3 Å². The second-order valence-corrected chi connectivity index (χ2v) is 4.78. The first-order valence-electron chi connectivity index (χ1n) is 6.09. The summed E-state index contributed by atoms with van der Waals surface area (Å²) in [7, 11) is 0. The Hall–Kier alpha value is -1.37. The summed E-state index contributed by atoms with van der Waals surface area (Å²) in [5.74, 6) is 0. The van der Waals surface area contributed by atoms with Crippen LogP contribution in [0.3, 0.4) is 0 Å². The van der Waals surface area contributed by atoms with Gasteiger partial charge in [-0.05, 0) is 49.6 Å². The smallest absolute Gasteiger partial charge is 0.0991 e. The highest BCUT2D eigenvalue weighted by Crippen LogP contribution is 2.17. The summed E-state index contributed by atoms with van der Waals surface area (Å²) in [5, 5.41) is 18.4. The Labute approximate surface area is 102 Å². The van der Waals surface area contributed by atoms with Crippen LogP contribution in [0.15, 0.2) is 18.2 Å². The predicted molar refractivity (Wildman–Crippen MR) is 66.4 cm³/mol. The zero-order chi connectivity index (χ0) is 12.3. The van der Waals surface area contributed by atoms with E-state index in [4.69, 9.17) is 5.26 Å². The van der Waals surface area contributed by atoms with E-state index in [0.29, 0.717) is 5.56 Å². The first-order valence-corrected chi connectivity index (χ1v) is 6.09. The van der Waals surface area contributed by atoms with Crippen molar-refractivity contribution in [3.8, 4) is 6.07 Å². The number of β-amino-alcohol motifs (C(OH)–C–C–N with tert-alkyl or cyclic N) is 1. The summed E-state index contributed by atoms with van der Waals surface area (Å²) in [6, 6.07) is 7.96. The topological polar surface area (TPSA) is 47.3 Å². The van der Waals surface area contributed by atoms with Crippen molar-refractivity contribution in [2.45, 2.75) is 32.4 Å². The largest absolute Gasteiger partial charge is 0.392 e. The lowest BCUT2D eigenvalue weighted by Crippen LogP contribution is -2.37. The van der Waals surface area contributed by atoms with Crippen molar-refractivity contribution in [3.05, 3.63) is 34.9 Å². The van der Waals surface area contributed by atoms with Crippen molar-refractivity contribution in [2.75, 3.05) is 13.1 Å². The molecule has 1 aromatic rings. The molecule has 0 radical (unpaired) electrons. The fraction of sp³-hybridized carbons (Fsp3) is 0.500. The standard InChI is InChI=1S/C14H18N2O/c1-11-7-12(8-15)4-5-13(11)9-16-6-2-3-14(17)10-16/h4-5,7,14,17H,2-3,6,9-10H2,1H3. The lowest BCUT2D eigenvalue weighted by Gasteiger charge is -2.30. The number of piperidine rings is 1. The van der Waals surface area contributed by atoms with E-state index >= 15 is 0 Å². The van der Waals surface area contributed by atoms with E-state index in [-0.39, 0.29) is 6.10 Å². The van der Waals surface area contributed by atoms with Crippen LogP contribution in [-0.2, 0) is 6.54 Å². The highest BCUT2D eigenvalue weighted by Gasteiger charge is 2.17. The Morgan fingerprint density at radius 1 is 1.53 bits per heavy atom. The van der Waals surface area contributed by atoms with E-state index in [0.717, 1.165) is 38.0 Å². The van der Waals surface area contributed by atoms with Gasteiger partial charge in [-0.2, -0.15) is 5.26 Å². The molecule has 1 unspecified atom stereocenters. The SMILES string of the molecule is Cc1cc(C#N)ccc1CN1CCCC(O)C1. The average Bonchev–Trinajstić information content (AvgIpc) is 2.32. The van der Waals surface area contributed by atoms with Gasteiger partial charge in [-0.3, -0.25) is 4.90 Å². The van der Waals surface area contributed by atoms with E-state index in [1.165, 1.54) is 5.56 Å². The van der Waals surface area contributed by atoms with Crippen LogP contribution < -0.4 is 0 Å². The third-order valence-corrected chi connectivity index (χ3v) is 3.35. The molecule has 1 aliphatic heterocycles. The van der Waals surface area contributed by atoms with Gasteiger partial charge >= 0.3 is 0 Å². The second kappa shape index (κ2) is 5.31. The van der Waals surface area contributed by atoms with Crippen LogP contribution in [0.5, 0.6) is 0 Å². The summed E-state index contributed by atoms with van der Waals surface area (Å²) in [4.78, 5) is 2.28. The average molecular weight is 230 g/mol. The van der Waals surface area contributed by atoms with E-state index in [9.17, 15) is 5.11 Å². The lowest BCUT2D eigenvalue weighted by molar-refractivity contribution is 0.0667. The van der Waals surface area contributed by atoms with Crippen molar-refractivity contribution in [1.82, 2.24) is 4.90 Å². The van der Waals surface area contributed by atoms with Crippen molar-refractivity contribution >= 4 is 0 Å². The third-order valence-electron chi connectivity index (χ3n) is 3.35. The van der Waals surface area contributed by atoms with E-state index in [2.05, 4.69) is 11.0 Å². The minimum atomic E-state index is -0.178. The molecule has 3 nitrogen and oxygen atoms in total. The monoisotopic (exact) mass is 230 g/mol. The zero-order valence-electron chi connectivity index (χ0n) is 10.2. The van der Waals surface area contributed by atoms with Gasteiger partial charge in [-0.15, -0.1) is 0 Å². The van der Waals surface area contributed by atoms with Gasteiger partial charge in [0.05, 0.1) is 17.7 Å². The number of benzene rings is 1. The van der Waals surface area contributed by atoms with E-state index in [1.54, 1.807) is 0 Å². The van der Waals surface area contributed by atoms with Gasteiger partial charge < -0.3 is 5.11 Å². The van der Waals surface area contributed by atoms with Gasteiger partial charge in [0.2, 0.25) is 0 Å². The number of nitriles is 1. The minimum Gasteiger partial charge on any atom is -0.392 e. The molecule has 0 aliphatic carbocycles. The molecule has 1 saturated heterocycles. The maximum Gasteiger partial charge on any atom is 0.0991 e. The minimum absolute atomic E-state index is 0.178. The summed E-state index contributed by atoms with van der Waals surface area (Å²) < 4.78 is 0. The summed E-state index contributed by atoms with van der Waals surface area (Å²) >= 11 is 0. The number of rotatable bonds is 2. The van der Waals surface area contributed by atoms with Crippen LogP contribution in [0.4, 0.5) is 0 Å². The molecular formula is C14H18N2O. The molecule has 0 spiro atoms. The number of aryl methyl sites for hydroxylation is 1. The highest BCUT2D eigenvalue weighted by molar-refractivity contribution is 5.37. The van der Waals surface area contributed by atoms with Crippen molar-refractivity contribution in [1.29, 1.82) is 5.26 Å². The number of likely N-dealkylation sites (tertiary alicyclic amines) is 1. The Morgan fingerprint density at radius 2 is 2.35 bits per heavy atom. The molecule has 0 saturated carbocycles. The van der Waals surface area contributed by atoms with Crippen LogP contribution >= 0.6 is 0 Å². The predicted octanol–water partition coefficient (Wildman–Crippen LogP) is 1.82. The maximum atomic E-state index is 9.62. The van der Waals surface area contributed by atoms with Crippen LogP contribution in [0.1, 0.15) is 29.5 Å². The molecule has 17 heavy (non-hydrogen) atoms. The molecule has 0 amide bonds. The molecule has 2 rings (SSSR count). The van der Waals surface area contributed by atoms with Gasteiger partial charge in [0.25, 0.3) is 0 Å². The van der Waals surface area contributed by atoms with Crippen LogP contribution in [0.25, 0.3) is 0 Å². The molecule has 1 aliphatic rings. The van der Waals surface area contributed by atoms with Gasteiger partial charge in [-0.1, -0.05) is 6.07 Å². The molecule has 1 N–H and O–H groups in total. The summed E-state index contributed by atoms with van der Waals surface area (Å²) in [6.07, 6.45) is 1.81. The van der Waals surface area contributed by atoms with E-state index in [1.807, 2.05) is 25.1 Å². The van der Waals surface area contributed by atoms with Gasteiger partial charge in [0.15, 0.2) is 0 Å². The fourth-order valence-electron chi connectivity index (χ4n) is 2.36. The molecule has 0 bridgehead atoms. The van der Waals surface area contributed by atoms with Gasteiger partial charge in [0.1, 0.15) is 0 Å². The first kappa shape index (κ1) is 12.1. The number of hydrogen-bond acceptors (Lipinski definition) is 3. The van der Waals surface area contributed by atoms with Crippen LogP contribution in [0.2, 0.25) is 0 Å². The molecule has 90 valence electrons. The Bertz CT molecular complexity index is 436. The van der Waals surface area contributed by atoms with E-state index < -0.39 is 0 Å². The molecule has 1 aromatic carbocycles. The van der Waals surface area contributed by atoms with Gasteiger partial charge in [0, 0.05) is 13.1 Å². The Balaban J connectivity index is 2.06. The number of aliphatic hydroxyl groups excluding tert-OH is 1. The number of aliphatic hydroxyl groups is 1. The fourth-order valence-corrected chi connectivity index (χ4v) is 2.36. The van der Waals surface area contributed by atoms with Crippen LogP contribution in [-0.4, -0.2) is 29.2 Å². The first-order chi connectivity index (χ1) is 8.19. The van der Waals surface area contributed by atoms with Crippen molar-refractivity contribution < 1.29 is 5.11 Å². The van der Waals surface area contributed by atoms with Crippen molar-refractivity contribution in [2.24, 2.45) is 0 Å². The maximum absolute atomic E-state index is 9.62. The molecule has 1 heterocycles. The Kier molecular flexibility index (Phi) is 3.78. The lowest BCUT2D eigenvalue weighted by atomic mass is 10.0. The quantitative estimate of drug-likeness (QED) is 0.843. The molecular weight excluding hydrogens is 212 g/mol. The molecule has 1 atom stereocenters. The molecule has 0 aromatic heterocycles. The molecule has 1 fully saturated rings. The Morgan fingerprint density at radius 3 is 3.00 bits per heavy atom. The van der Waals surface area contributed by atoms with Crippen molar-refractivity contribution in [3.63, 3.8) is 0 Å².